The van der Waals surface area contributed by atoms with E-state index in [1.165, 1.54) is 0 Å². The van der Waals surface area contributed by atoms with Crippen LogP contribution in [0.1, 0.15) is 17.0 Å². The Morgan fingerprint density at radius 1 is 0.967 bits per heavy atom. The number of benzene rings is 2. The fourth-order valence-corrected chi connectivity index (χ4v) is 3.46. The van der Waals surface area contributed by atoms with Crippen molar-refractivity contribution < 1.29 is 9.52 Å². The Bertz CT molecular complexity index is 1380. The molecule has 2 aromatic carbocycles. The van der Waals surface area contributed by atoms with E-state index in [-0.39, 0.29) is 5.88 Å². The SMILES string of the molecule is N#Cc1cccc(-c2nc(-c3ccccc3)cn3c(O)c(Cc4ccco4)nc23)c1. The van der Waals surface area contributed by atoms with Crippen LogP contribution in [-0.2, 0) is 6.42 Å². The van der Waals surface area contributed by atoms with Gasteiger partial charge in [0.05, 0.1) is 30.0 Å². The Balaban J connectivity index is 1.76. The topological polar surface area (TPSA) is 87.4 Å². The average molecular weight is 392 g/mol. The van der Waals surface area contributed by atoms with Crippen molar-refractivity contribution in [2.75, 3.05) is 0 Å². The summed E-state index contributed by atoms with van der Waals surface area (Å²) in [6.45, 7) is 0. The van der Waals surface area contributed by atoms with Crippen LogP contribution in [0, 0.1) is 11.3 Å². The molecule has 0 atom stereocenters. The summed E-state index contributed by atoms with van der Waals surface area (Å²) < 4.78 is 7.06. The van der Waals surface area contributed by atoms with Gasteiger partial charge in [-0.1, -0.05) is 42.5 Å². The van der Waals surface area contributed by atoms with Gasteiger partial charge >= 0.3 is 0 Å². The van der Waals surface area contributed by atoms with Gasteiger partial charge in [0.1, 0.15) is 17.1 Å². The molecular weight excluding hydrogens is 376 g/mol. The second-order valence-electron chi connectivity index (χ2n) is 6.87. The van der Waals surface area contributed by atoms with Crippen molar-refractivity contribution in [3.63, 3.8) is 0 Å². The molecule has 1 N–H and O–H groups in total. The van der Waals surface area contributed by atoms with Crippen molar-refractivity contribution in [2.45, 2.75) is 6.42 Å². The first-order valence-corrected chi connectivity index (χ1v) is 9.42. The minimum Gasteiger partial charge on any atom is -0.493 e. The molecule has 0 bridgehead atoms. The third-order valence-electron chi connectivity index (χ3n) is 4.91. The molecule has 0 radical (unpaired) electrons. The lowest BCUT2D eigenvalue weighted by Gasteiger charge is -2.08. The standard InChI is InChI=1S/C24H16N4O2/c25-14-16-6-4-9-18(12-16)22-23-27-20(13-19-10-5-11-30-19)24(29)28(23)15-21(26-22)17-7-2-1-3-8-17/h1-12,15,29H,13H2. The van der Waals surface area contributed by atoms with Gasteiger partial charge < -0.3 is 9.52 Å². The van der Waals surface area contributed by atoms with Gasteiger partial charge in [-0.3, -0.25) is 4.40 Å². The molecule has 0 aliphatic rings. The number of aromatic hydroxyl groups is 1. The van der Waals surface area contributed by atoms with Crippen LogP contribution >= 0.6 is 0 Å². The van der Waals surface area contributed by atoms with E-state index >= 15 is 0 Å². The predicted octanol–water partition coefficient (Wildman–Crippen LogP) is 4.82. The summed E-state index contributed by atoms with van der Waals surface area (Å²) in [5, 5.41) is 20.2. The van der Waals surface area contributed by atoms with E-state index in [1.54, 1.807) is 35.1 Å². The van der Waals surface area contributed by atoms with Crippen LogP contribution in [-0.4, -0.2) is 19.5 Å². The molecule has 5 aromatic rings. The van der Waals surface area contributed by atoms with Crippen molar-refractivity contribution in [3.8, 4) is 34.5 Å². The fraction of sp³-hybridized carbons (Fsp3) is 0.0417. The molecule has 144 valence electrons. The molecule has 3 heterocycles. The second kappa shape index (κ2) is 7.22. The molecule has 30 heavy (non-hydrogen) atoms. The minimum atomic E-state index is 0.0404. The molecule has 0 saturated heterocycles. The van der Waals surface area contributed by atoms with Gasteiger partial charge in [0.15, 0.2) is 5.65 Å². The van der Waals surface area contributed by atoms with Gasteiger partial charge in [-0.25, -0.2) is 9.97 Å². The van der Waals surface area contributed by atoms with Crippen LogP contribution in [0.5, 0.6) is 5.88 Å². The summed E-state index contributed by atoms with van der Waals surface area (Å²) in [5.41, 5.74) is 4.50. The van der Waals surface area contributed by atoms with Gasteiger partial charge in [-0.15, -0.1) is 0 Å². The van der Waals surface area contributed by atoms with Crippen LogP contribution in [0.15, 0.2) is 83.6 Å². The molecule has 0 fully saturated rings. The van der Waals surface area contributed by atoms with Crippen molar-refractivity contribution in [2.24, 2.45) is 0 Å². The Kier molecular flexibility index (Phi) is 4.26. The summed E-state index contributed by atoms with van der Waals surface area (Å²) >= 11 is 0. The first kappa shape index (κ1) is 17.7. The van der Waals surface area contributed by atoms with Crippen LogP contribution < -0.4 is 0 Å². The molecule has 0 aliphatic heterocycles. The van der Waals surface area contributed by atoms with E-state index in [0.717, 1.165) is 11.1 Å². The Hall–Kier alpha value is -4.37. The number of hydrogen-bond donors (Lipinski definition) is 1. The van der Waals surface area contributed by atoms with Crippen molar-refractivity contribution in [1.29, 1.82) is 5.26 Å². The zero-order valence-electron chi connectivity index (χ0n) is 15.9. The molecule has 6 nitrogen and oxygen atoms in total. The van der Waals surface area contributed by atoms with Crippen LogP contribution in [0.4, 0.5) is 0 Å². The van der Waals surface area contributed by atoms with Gasteiger partial charge in [0, 0.05) is 17.3 Å². The summed E-state index contributed by atoms with van der Waals surface area (Å²) in [7, 11) is 0. The average Bonchev–Trinajstić information content (AvgIpc) is 3.42. The smallest absolute Gasteiger partial charge is 0.219 e. The fourth-order valence-electron chi connectivity index (χ4n) is 3.46. The lowest BCUT2D eigenvalue weighted by molar-refractivity contribution is 0.438. The molecule has 0 unspecified atom stereocenters. The van der Waals surface area contributed by atoms with Crippen molar-refractivity contribution in [1.82, 2.24) is 14.4 Å². The molecular formula is C24H16N4O2. The highest BCUT2D eigenvalue weighted by atomic mass is 16.3. The zero-order chi connectivity index (χ0) is 20.5. The number of nitriles is 1. The maximum Gasteiger partial charge on any atom is 0.219 e. The Morgan fingerprint density at radius 3 is 2.57 bits per heavy atom. The second-order valence-corrected chi connectivity index (χ2v) is 6.87. The molecule has 6 heteroatoms. The van der Waals surface area contributed by atoms with Crippen LogP contribution in [0.25, 0.3) is 28.2 Å². The zero-order valence-corrected chi connectivity index (χ0v) is 15.9. The molecule has 0 spiro atoms. The van der Waals surface area contributed by atoms with Gasteiger partial charge in [-0.05, 0) is 24.3 Å². The summed E-state index contributed by atoms with van der Waals surface area (Å²) in [6.07, 6.45) is 3.73. The van der Waals surface area contributed by atoms with Crippen molar-refractivity contribution in [3.05, 3.63) is 96.2 Å². The first-order valence-electron chi connectivity index (χ1n) is 9.42. The highest BCUT2D eigenvalue weighted by molar-refractivity contribution is 5.78. The lowest BCUT2D eigenvalue weighted by atomic mass is 10.1. The molecule has 0 saturated carbocycles. The minimum absolute atomic E-state index is 0.0404. The third-order valence-corrected chi connectivity index (χ3v) is 4.91. The van der Waals surface area contributed by atoms with Crippen LogP contribution in [0.3, 0.4) is 0 Å². The number of imidazole rings is 1. The maximum absolute atomic E-state index is 10.9. The van der Waals surface area contributed by atoms with E-state index < -0.39 is 0 Å². The normalized spacial score (nSPS) is 10.9. The van der Waals surface area contributed by atoms with E-state index in [0.29, 0.717) is 40.5 Å². The summed E-state index contributed by atoms with van der Waals surface area (Å²) in [5.74, 6) is 0.747. The van der Waals surface area contributed by atoms with E-state index in [4.69, 9.17) is 9.40 Å². The quantitative estimate of drug-likeness (QED) is 0.474. The van der Waals surface area contributed by atoms with Crippen LogP contribution in [0.2, 0.25) is 0 Å². The maximum atomic E-state index is 10.9. The Labute approximate surface area is 172 Å². The van der Waals surface area contributed by atoms with Crippen molar-refractivity contribution >= 4 is 5.65 Å². The lowest BCUT2D eigenvalue weighted by Crippen LogP contribution is -1.96. The number of rotatable bonds is 4. The Morgan fingerprint density at radius 2 is 1.80 bits per heavy atom. The molecule has 0 aliphatic carbocycles. The largest absolute Gasteiger partial charge is 0.493 e. The molecule has 5 rings (SSSR count). The number of aromatic nitrogens is 3. The van der Waals surface area contributed by atoms with E-state index in [9.17, 15) is 10.4 Å². The number of furan rings is 1. The highest BCUT2D eigenvalue weighted by Crippen LogP contribution is 2.32. The first-order chi connectivity index (χ1) is 14.7. The van der Waals surface area contributed by atoms with Gasteiger partial charge in [0.25, 0.3) is 0 Å². The predicted molar refractivity (Wildman–Crippen MR) is 112 cm³/mol. The van der Waals surface area contributed by atoms with Gasteiger partial charge in [-0.2, -0.15) is 5.26 Å². The van der Waals surface area contributed by atoms with E-state index in [2.05, 4.69) is 11.1 Å². The molecule has 0 amide bonds. The molecule has 3 aromatic heterocycles. The number of hydrogen-bond acceptors (Lipinski definition) is 5. The highest BCUT2D eigenvalue weighted by Gasteiger charge is 2.19. The van der Waals surface area contributed by atoms with Gasteiger partial charge in [0.2, 0.25) is 5.88 Å². The number of nitrogens with zero attached hydrogens (tertiary/aromatic N) is 4. The summed E-state index contributed by atoms with van der Waals surface area (Å²) in [6, 6.07) is 22.8. The number of fused-ring (bicyclic) bond motifs is 1. The monoisotopic (exact) mass is 392 g/mol. The summed E-state index contributed by atoms with van der Waals surface area (Å²) in [4.78, 5) is 9.50. The van der Waals surface area contributed by atoms with E-state index in [1.807, 2.05) is 48.5 Å². The third kappa shape index (κ3) is 3.09.